The lowest BCUT2D eigenvalue weighted by Gasteiger charge is -2.23. The molecule has 0 saturated carbocycles. The van der Waals surface area contributed by atoms with Crippen LogP contribution in [-0.4, -0.2) is 29.3 Å². The van der Waals surface area contributed by atoms with Gasteiger partial charge in [-0.05, 0) is 45.7 Å². The molecule has 2 rings (SSSR count). The summed E-state index contributed by atoms with van der Waals surface area (Å²) >= 11 is 1.64. The third-order valence-electron chi connectivity index (χ3n) is 3.30. The molecule has 130 valence electrons. The van der Waals surface area contributed by atoms with E-state index in [1.165, 1.54) is 0 Å². The maximum atomic E-state index is 12.1. The van der Waals surface area contributed by atoms with Crippen molar-refractivity contribution in [3.05, 3.63) is 29.3 Å². The molecular formula is C17H24N4O2S. The minimum absolute atomic E-state index is 0.0813. The van der Waals surface area contributed by atoms with Crippen LogP contribution in [0, 0.1) is 5.53 Å². The van der Waals surface area contributed by atoms with E-state index in [2.05, 4.69) is 15.4 Å². The summed E-state index contributed by atoms with van der Waals surface area (Å²) < 4.78 is 6.49. The van der Waals surface area contributed by atoms with E-state index in [9.17, 15) is 4.79 Å². The Labute approximate surface area is 146 Å². The molecule has 0 spiro atoms. The fourth-order valence-corrected chi connectivity index (χ4v) is 3.38. The highest BCUT2D eigenvalue weighted by Crippen LogP contribution is 2.23. The number of hydrogen-bond acceptors (Lipinski definition) is 6. The van der Waals surface area contributed by atoms with Gasteiger partial charge >= 0.3 is 6.09 Å². The number of nitrogens with one attached hydrogen (secondary N) is 2. The van der Waals surface area contributed by atoms with Crippen molar-refractivity contribution in [1.29, 1.82) is 5.53 Å². The number of carbonyl (C=O) groups is 1. The monoisotopic (exact) mass is 348 g/mol. The summed E-state index contributed by atoms with van der Waals surface area (Å²) in [7, 11) is 0. The van der Waals surface area contributed by atoms with Gasteiger partial charge in [0.2, 0.25) is 0 Å². The zero-order chi connectivity index (χ0) is 17.6. The largest absolute Gasteiger partial charge is 0.444 e. The minimum atomic E-state index is -0.527. The molecule has 1 heterocycles. The summed E-state index contributed by atoms with van der Waals surface area (Å²) in [5.41, 5.74) is 7.36. The van der Waals surface area contributed by atoms with Crippen LogP contribution in [0.25, 0.3) is 10.2 Å². The van der Waals surface area contributed by atoms with E-state index in [-0.39, 0.29) is 6.04 Å². The summed E-state index contributed by atoms with van der Waals surface area (Å²) in [4.78, 5) is 16.7. The molecule has 24 heavy (non-hydrogen) atoms. The first kappa shape index (κ1) is 18.3. The number of para-hydroxylation sites is 1. The molecule has 0 bridgehead atoms. The molecule has 6 nitrogen and oxygen atoms in total. The van der Waals surface area contributed by atoms with Gasteiger partial charge in [0.15, 0.2) is 0 Å². The molecular weight excluding hydrogens is 324 g/mol. The van der Waals surface area contributed by atoms with Crippen LogP contribution in [0.4, 0.5) is 4.79 Å². The van der Waals surface area contributed by atoms with Gasteiger partial charge in [0.25, 0.3) is 0 Å². The summed E-state index contributed by atoms with van der Waals surface area (Å²) in [5.74, 6) is 0. The van der Waals surface area contributed by atoms with Crippen LogP contribution >= 0.6 is 11.3 Å². The fraction of sp³-hybridized carbons (Fsp3) is 0.529. The van der Waals surface area contributed by atoms with Crippen molar-refractivity contribution in [3.8, 4) is 0 Å². The van der Waals surface area contributed by atoms with Gasteiger partial charge in [-0.1, -0.05) is 12.1 Å². The van der Waals surface area contributed by atoms with Crippen LogP contribution < -0.4 is 5.32 Å². The van der Waals surface area contributed by atoms with Gasteiger partial charge in [0.05, 0.1) is 21.8 Å². The number of hydrogen-bond donors (Lipinski definition) is 2. The molecule has 0 saturated heterocycles. The first-order chi connectivity index (χ1) is 11.4. The summed E-state index contributed by atoms with van der Waals surface area (Å²) in [5, 5.41) is 7.30. The summed E-state index contributed by atoms with van der Waals surface area (Å²) in [6.07, 6.45) is 1.71. The molecule has 1 atom stereocenters. The molecule has 0 radical (unpaired) electrons. The number of amides is 1. The van der Waals surface area contributed by atoms with Gasteiger partial charge in [-0.3, -0.25) is 0 Å². The van der Waals surface area contributed by atoms with Gasteiger partial charge in [0, 0.05) is 12.5 Å². The summed E-state index contributed by atoms with van der Waals surface area (Å²) in [6, 6.07) is 7.92. The summed E-state index contributed by atoms with van der Waals surface area (Å²) in [6.45, 7) is 5.99. The Morgan fingerprint density at radius 1 is 1.42 bits per heavy atom. The van der Waals surface area contributed by atoms with E-state index in [4.69, 9.17) is 10.3 Å². The highest BCUT2D eigenvalue weighted by atomic mass is 32.1. The maximum Gasteiger partial charge on any atom is 0.407 e. The number of rotatable bonds is 7. The minimum Gasteiger partial charge on any atom is -0.444 e. The van der Waals surface area contributed by atoms with Crippen molar-refractivity contribution in [1.82, 2.24) is 10.3 Å². The lowest BCUT2D eigenvalue weighted by Crippen LogP contribution is -2.40. The number of benzene rings is 1. The lowest BCUT2D eigenvalue weighted by molar-refractivity contribution is 0.0501. The average molecular weight is 348 g/mol. The molecule has 0 aliphatic heterocycles. The van der Waals surface area contributed by atoms with Crippen LogP contribution in [-0.2, 0) is 11.2 Å². The Morgan fingerprint density at radius 2 is 2.17 bits per heavy atom. The molecule has 0 fully saturated rings. The van der Waals surface area contributed by atoms with E-state index < -0.39 is 11.7 Å². The normalized spacial score (nSPS) is 12.8. The van der Waals surface area contributed by atoms with Gasteiger partial charge in [-0.25, -0.2) is 15.3 Å². The Balaban J connectivity index is 2.04. The van der Waals surface area contributed by atoms with E-state index in [1.54, 1.807) is 11.3 Å². The standard InChI is InChI=1S/C17H24N4O2S/c1-17(2,3)23-16(22)20-12(7-6-10-19-18)11-15-21-13-8-4-5-9-14(13)24-15/h4-5,8-9,12,18H,6-7,10-11H2,1-3H3,(H,20,22). The molecule has 7 heteroatoms. The van der Waals surface area contributed by atoms with E-state index in [0.717, 1.165) is 28.1 Å². The van der Waals surface area contributed by atoms with Crippen molar-refractivity contribution in [2.75, 3.05) is 6.54 Å². The average Bonchev–Trinajstić information content (AvgIpc) is 2.87. The highest BCUT2D eigenvalue weighted by Gasteiger charge is 2.20. The number of ether oxygens (including phenoxy) is 1. The number of nitrogens with zero attached hydrogens (tertiary/aromatic N) is 2. The van der Waals surface area contributed by atoms with Crippen molar-refractivity contribution >= 4 is 27.6 Å². The predicted molar refractivity (Wildman–Crippen MR) is 95.7 cm³/mol. The van der Waals surface area contributed by atoms with Gasteiger partial charge in [0.1, 0.15) is 5.60 Å². The second kappa shape index (κ2) is 8.19. The van der Waals surface area contributed by atoms with Crippen LogP contribution in [0.15, 0.2) is 29.4 Å². The first-order valence-electron chi connectivity index (χ1n) is 8.04. The number of aromatic nitrogens is 1. The second-order valence-electron chi connectivity index (χ2n) is 6.65. The Kier molecular flexibility index (Phi) is 6.25. The Hall–Kier alpha value is -2.02. The Bertz CT molecular complexity index is 660. The lowest BCUT2D eigenvalue weighted by atomic mass is 10.1. The van der Waals surface area contributed by atoms with E-state index >= 15 is 0 Å². The van der Waals surface area contributed by atoms with E-state index in [0.29, 0.717) is 13.0 Å². The molecule has 0 aliphatic carbocycles. The van der Waals surface area contributed by atoms with Crippen LogP contribution in [0.2, 0.25) is 0 Å². The van der Waals surface area contributed by atoms with Gasteiger partial charge < -0.3 is 10.1 Å². The third kappa shape index (κ3) is 5.88. The molecule has 2 N–H and O–H groups in total. The van der Waals surface area contributed by atoms with Crippen molar-refractivity contribution in [3.63, 3.8) is 0 Å². The van der Waals surface area contributed by atoms with Crippen molar-refractivity contribution < 1.29 is 9.53 Å². The zero-order valence-corrected chi connectivity index (χ0v) is 15.2. The second-order valence-corrected chi connectivity index (χ2v) is 7.76. The molecule has 1 amide bonds. The molecule has 0 aliphatic rings. The predicted octanol–water partition coefficient (Wildman–Crippen LogP) is 4.54. The van der Waals surface area contributed by atoms with Crippen LogP contribution in [0.3, 0.4) is 0 Å². The molecule has 1 aromatic carbocycles. The van der Waals surface area contributed by atoms with E-state index in [1.807, 2.05) is 45.0 Å². The van der Waals surface area contributed by atoms with Crippen molar-refractivity contribution in [2.45, 2.75) is 51.7 Å². The number of carbonyl (C=O) groups excluding carboxylic acids is 1. The third-order valence-corrected chi connectivity index (χ3v) is 4.36. The number of fused-ring (bicyclic) bond motifs is 1. The van der Waals surface area contributed by atoms with Crippen molar-refractivity contribution in [2.24, 2.45) is 5.11 Å². The Morgan fingerprint density at radius 3 is 2.83 bits per heavy atom. The quantitative estimate of drug-likeness (QED) is 0.568. The fourth-order valence-electron chi connectivity index (χ4n) is 2.33. The van der Waals surface area contributed by atoms with Crippen LogP contribution in [0.5, 0.6) is 0 Å². The first-order valence-corrected chi connectivity index (χ1v) is 8.86. The topological polar surface area (TPSA) is 87.4 Å². The SMILES string of the molecule is CC(C)(C)OC(=O)NC(CCCN=N)Cc1nc2ccccc2s1. The highest BCUT2D eigenvalue weighted by molar-refractivity contribution is 7.18. The molecule has 2 aromatic rings. The number of thiazole rings is 1. The molecule has 1 unspecified atom stereocenters. The van der Waals surface area contributed by atoms with Gasteiger partial charge in [-0.15, -0.1) is 11.3 Å². The van der Waals surface area contributed by atoms with Gasteiger partial charge in [-0.2, -0.15) is 5.11 Å². The number of alkyl carbamates (subject to hydrolysis) is 1. The maximum absolute atomic E-state index is 12.1. The smallest absolute Gasteiger partial charge is 0.407 e. The molecule has 1 aromatic heterocycles. The zero-order valence-electron chi connectivity index (χ0n) is 14.3. The van der Waals surface area contributed by atoms with Crippen LogP contribution in [0.1, 0.15) is 38.6 Å².